The van der Waals surface area contributed by atoms with Crippen LogP contribution in [0.15, 0.2) is 12.3 Å². The zero-order valence-corrected chi connectivity index (χ0v) is 19.8. The van der Waals surface area contributed by atoms with Crippen LogP contribution in [0.4, 0.5) is 11.8 Å². The molecule has 0 bridgehead atoms. The molecule has 3 aromatic rings. The smallest absolute Gasteiger partial charge is 0.224 e. The summed E-state index contributed by atoms with van der Waals surface area (Å²) in [6.07, 6.45) is 0.138. The first kappa shape index (κ1) is 23.7. The van der Waals surface area contributed by atoms with Gasteiger partial charge in [-0.15, -0.1) is 11.3 Å². The fraction of sp³-hybridized carbons (Fsp3) is 0.545. The lowest BCUT2D eigenvalue weighted by Crippen LogP contribution is -2.35. The number of rotatable bonds is 9. The van der Waals surface area contributed by atoms with Crippen molar-refractivity contribution in [3.63, 3.8) is 0 Å². The van der Waals surface area contributed by atoms with Gasteiger partial charge in [-0.3, -0.25) is 4.98 Å². The van der Waals surface area contributed by atoms with Gasteiger partial charge in [-0.05, 0) is 33.3 Å². The van der Waals surface area contributed by atoms with Gasteiger partial charge in [0.05, 0.1) is 40.9 Å². The molecule has 178 valence electrons. The Morgan fingerprint density at radius 1 is 1.18 bits per heavy atom. The van der Waals surface area contributed by atoms with E-state index in [4.69, 9.17) is 9.72 Å². The second kappa shape index (κ2) is 10.2. The SMILES string of the molecule is CCOCCNc1nc(C)c(-c2nc3cnc(C)cc3s2)c(N[C@@H]2C[C@H](CO)[C@@H](O)[C@H]2O)n1. The van der Waals surface area contributed by atoms with Crippen LogP contribution in [0.25, 0.3) is 20.8 Å². The van der Waals surface area contributed by atoms with Crippen LogP contribution < -0.4 is 10.6 Å². The molecule has 4 atom stereocenters. The lowest BCUT2D eigenvalue weighted by atomic mass is 10.1. The van der Waals surface area contributed by atoms with E-state index >= 15 is 0 Å². The number of ether oxygens (including phenoxy) is 1. The van der Waals surface area contributed by atoms with E-state index < -0.39 is 24.2 Å². The molecule has 3 heterocycles. The van der Waals surface area contributed by atoms with Crippen molar-refractivity contribution < 1.29 is 20.1 Å². The van der Waals surface area contributed by atoms with E-state index in [0.717, 1.165) is 32.2 Å². The van der Waals surface area contributed by atoms with Gasteiger partial charge in [-0.1, -0.05) is 0 Å². The lowest BCUT2D eigenvalue weighted by molar-refractivity contribution is 0.00446. The van der Waals surface area contributed by atoms with E-state index in [2.05, 4.69) is 25.6 Å². The molecule has 5 N–H and O–H groups in total. The van der Waals surface area contributed by atoms with Crippen LogP contribution in [-0.4, -0.2) is 79.9 Å². The number of fused-ring (bicyclic) bond motifs is 1. The molecular formula is C22H30N6O4S. The zero-order chi connectivity index (χ0) is 23.5. The Bertz CT molecular complexity index is 1110. The van der Waals surface area contributed by atoms with E-state index in [9.17, 15) is 15.3 Å². The van der Waals surface area contributed by atoms with Crippen molar-refractivity contribution in [2.45, 2.75) is 45.4 Å². The number of aliphatic hydroxyl groups is 3. The minimum atomic E-state index is -1.03. The summed E-state index contributed by atoms with van der Waals surface area (Å²) in [4.78, 5) is 18.4. The number of anilines is 2. The van der Waals surface area contributed by atoms with Gasteiger partial charge in [0.2, 0.25) is 5.95 Å². The molecule has 1 aliphatic rings. The van der Waals surface area contributed by atoms with Gasteiger partial charge >= 0.3 is 0 Å². The first-order valence-corrected chi connectivity index (χ1v) is 11.9. The summed E-state index contributed by atoms with van der Waals surface area (Å²) in [5, 5.41) is 37.6. The first-order valence-electron chi connectivity index (χ1n) is 11.1. The van der Waals surface area contributed by atoms with Crippen molar-refractivity contribution in [1.82, 2.24) is 19.9 Å². The Morgan fingerprint density at radius 3 is 2.73 bits per heavy atom. The molecule has 1 fully saturated rings. The molecule has 4 rings (SSSR count). The van der Waals surface area contributed by atoms with E-state index in [1.165, 1.54) is 11.3 Å². The molecule has 10 nitrogen and oxygen atoms in total. The third-order valence-corrected chi connectivity index (χ3v) is 6.84. The summed E-state index contributed by atoms with van der Waals surface area (Å²) in [6.45, 7) is 7.28. The number of aryl methyl sites for hydroxylation is 2. The second-order valence-electron chi connectivity index (χ2n) is 8.20. The van der Waals surface area contributed by atoms with Gasteiger partial charge in [0, 0.05) is 31.4 Å². The number of hydrogen-bond acceptors (Lipinski definition) is 11. The number of hydrogen-bond donors (Lipinski definition) is 5. The third-order valence-electron chi connectivity index (χ3n) is 5.81. The molecule has 1 saturated carbocycles. The molecule has 0 unspecified atom stereocenters. The Hall–Kier alpha value is -2.44. The number of aromatic nitrogens is 4. The molecule has 11 heteroatoms. The average molecular weight is 475 g/mol. The van der Waals surface area contributed by atoms with Crippen molar-refractivity contribution in [2.24, 2.45) is 5.92 Å². The molecule has 1 aliphatic carbocycles. The summed E-state index contributed by atoms with van der Waals surface area (Å²) in [7, 11) is 0. The maximum Gasteiger partial charge on any atom is 0.224 e. The van der Waals surface area contributed by atoms with E-state index in [1.807, 2.05) is 26.8 Å². The Balaban J connectivity index is 1.71. The highest BCUT2D eigenvalue weighted by Crippen LogP contribution is 2.38. The number of nitrogens with one attached hydrogen (secondary N) is 2. The van der Waals surface area contributed by atoms with Crippen molar-refractivity contribution in [1.29, 1.82) is 0 Å². The molecular weight excluding hydrogens is 444 g/mol. The maximum atomic E-state index is 10.5. The summed E-state index contributed by atoms with van der Waals surface area (Å²) >= 11 is 1.52. The van der Waals surface area contributed by atoms with Gasteiger partial charge in [-0.25, -0.2) is 9.97 Å². The molecule has 0 aromatic carbocycles. The quantitative estimate of drug-likeness (QED) is 0.291. The minimum absolute atomic E-state index is 0.194. The van der Waals surface area contributed by atoms with Crippen molar-refractivity contribution in [2.75, 3.05) is 37.0 Å². The Morgan fingerprint density at radius 2 is 2.00 bits per heavy atom. The molecule has 0 saturated heterocycles. The molecule has 0 spiro atoms. The van der Waals surface area contributed by atoms with E-state index in [1.54, 1.807) is 6.20 Å². The monoisotopic (exact) mass is 474 g/mol. The van der Waals surface area contributed by atoms with Crippen molar-refractivity contribution >= 4 is 33.3 Å². The summed E-state index contributed by atoms with van der Waals surface area (Å²) in [6, 6.07) is 1.52. The molecule has 0 amide bonds. The predicted octanol–water partition coefficient (Wildman–Crippen LogP) is 1.73. The Kier molecular flexibility index (Phi) is 7.35. The molecule has 0 radical (unpaired) electrons. The molecule has 33 heavy (non-hydrogen) atoms. The molecule has 0 aliphatic heterocycles. The minimum Gasteiger partial charge on any atom is -0.396 e. The summed E-state index contributed by atoms with van der Waals surface area (Å²) in [5.74, 6) is 0.549. The van der Waals surface area contributed by atoms with E-state index in [0.29, 0.717) is 37.9 Å². The third kappa shape index (κ3) is 5.07. The highest BCUT2D eigenvalue weighted by molar-refractivity contribution is 7.21. The summed E-state index contributed by atoms with van der Waals surface area (Å²) < 4.78 is 6.39. The first-order chi connectivity index (χ1) is 15.9. The average Bonchev–Trinajstić information content (AvgIpc) is 3.31. The largest absolute Gasteiger partial charge is 0.396 e. The highest BCUT2D eigenvalue weighted by atomic mass is 32.1. The number of nitrogens with zero attached hydrogens (tertiary/aromatic N) is 4. The molecule has 3 aromatic heterocycles. The fourth-order valence-electron chi connectivity index (χ4n) is 4.05. The van der Waals surface area contributed by atoms with Crippen LogP contribution in [0.3, 0.4) is 0 Å². The van der Waals surface area contributed by atoms with Gasteiger partial charge in [0.1, 0.15) is 22.4 Å². The Labute approximate surface area is 196 Å². The van der Waals surface area contributed by atoms with Gasteiger partial charge in [-0.2, -0.15) is 4.98 Å². The fourth-order valence-corrected chi connectivity index (χ4v) is 5.18. The second-order valence-corrected chi connectivity index (χ2v) is 9.23. The van der Waals surface area contributed by atoms with Crippen LogP contribution in [-0.2, 0) is 4.74 Å². The van der Waals surface area contributed by atoms with Crippen LogP contribution >= 0.6 is 11.3 Å². The zero-order valence-electron chi connectivity index (χ0n) is 18.9. The lowest BCUT2D eigenvalue weighted by Gasteiger charge is -2.21. The topological polar surface area (TPSA) is 146 Å². The van der Waals surface area contributed by atoms with Gasteiger partial charge in [0.15, 0.2) is 0 Å². The van der Waals surface area contributed by atoms with Crippen molar-refractivity contribution in [3.8, 4) is 10.6 Å². The maximum absolute atomic E-state index is 10.5. The standard InChI is InChI=1S/C22H30N6O4S/c1-4-32-6-5-23-22-25-12(3)17(21-27-15-9-24-11(2)7-16(15)33-21)20(28-22)26-14-8-13(10-29)18(30)19(14)31/h7,9,13-14,18-19,29-31H,4-6,8,10H2,1-3H3,(H2,23,25,26,28)/t13-,14-,18-,19+/m1/s1. The van der Waals surface area contributed by atoms with E-state index in [-0.39, 0.29) is 6.61 Å². The predicted molar refractivity (Wildman–Crippen MR) is 128 cm³/mol. The normalized spacial score (nSPS) is 22.7. The van der Waals surface area contributed by atoms with Crippen molar-refractivity contribution in [3.05, 3.63) is 23.7 Å². The van der Waals surface area contributed by atoms with Gasteiger partial charge < -0.3 is 30.7 Å². The number of aliphatic hydroxyl groups excluding tert-OH is 3. The number of pyridine rings is 1. The van der Waals surface area contributed by atoms with Gasteiger partial charge in [0.25, 0.3) is 0 Å². The highest BCUT2D eigenvalue weighted by Gasteiger charge is 2.41. The van der Waals surface area contributed by atoms with Crippen LogP contribution in [0, 0.1) is 19.8 Å². The number of thiazole rings is 1. The summed E-state index contributed by atoms with van der Waals surface area (Å²) in [5.41, 5.74) is 3.16. The van der Waals surface area contributed by atoms with Crippen LogP contribution in [0.1, 0.15) is 24.7 Å². The van der Waals surface area contributed by atoms with Crippen LogP contribution in [0.2, 0.25) is 0 Å². The van der Waals surface area contributed by atoms with Crippen LogP contribution in [0.5, 0.6) is 0 Å².